The zero-order valence-corrected chi connectivity index (χ0v) is 17.0. The monoisotopic (exact) mass is 406 g/mol. The predicted molar refractivity (Wildman–Crippen MR) is 105 cm³/mol. The van der Waals surface area contributed by atoms with Crippen molar-refractivity contribution in [2.45, 2.75) is 25.8 Å². The number of hydrogen-bond donors (Lipinski definition) is 2. The second-order valence-electron chi connectivity index (χ2n) is 7.77. The molecule has 1 aromatic rings. The van der Waals surface area contributed by atoms with Crippen LogP contribution in [0.25, 0.3) is 0 Å². The van der Waals surface area contributed by atoms with Crippen LogP contribution in [-0.2, 0) is 14.3 Å². The summed E-state index contributed by atoms with van der Waals surface area (Å²) in [4.78, 5) is 40.6. The minimum absolute atomic E-state index is 0.00514. The molecular formula is C20H27FN4O4. The highest BCUT2D eigenvalue weighted by Crippen LogP contribution is 2.25. The molecule has 158 valence electrons. The molecule has 0 saturated carbocycles. The third-order valence-corrected chi connectivity index (χ3v) is 5.58. The van der Waals surface area contributed by atoms with Crippen LogP contribution in [0.4, 0.5) is 14.9 Å². The van der Waals surface area contributed by atoms with Crippen LogP contribution in [0.3, 0.4) is 0 Å². The number of amides is 4. The fourth-order valence-corrected chi connectivity index (χ4v) is 4.09. The molecule has 29 heavy (non-hydrogen) atoms. The van der Waals surface area contributed by atoms with Crippen LogP contribution < -0.4 is 15.5 Å². The van der Waals surface area contributed by atoms with Gasteiger partial charge in [-0.15, -0.1) is 0 Å². The van der Waals surface area contributed by atoms with Crippen molar-refractivity contribution in [3.8, 4) is 0 Å². The van der Waals surface area contributed by atoms with Crippen LogP contribution in [0.2, 0.25) is 0 Å². The number of nitrogens with zero attached hydrogens (tertiary/aromatic N) is 2. The number of carbonyl (C=O) groups excluding carboxylic acids is 3. The highest BCUT2D eigenvalue weighted by Gasteiger charge is 2.48. The Bertz CT molecular complexity index is 810. The van der Waals surface area contributed by atoms with Gasteiger partial charge in [-0.2, -0.15) is 0 Å². The molecule has 0 spiro atoms. The molecule has 2 fully saturated rings. The van der Waals surface area contributed by atoms with Gasteiger partial charge in [0.05, 0.1) is 6.61 Å². The molecule has 0 aromatic heterocycles. The van der Waals surface area contributed by atoms with E-state index in [0.29, 0.717) is 26.2 Å². The van der Waals surface area contributed by atoms with Crippen LogP contribution in [0.1, 0.15) is 18.9 Å². The predicted octanol–water partition coefficient (Wildman–Crippen LogP) is 1.03. The zero-order valence-electron chi connectivity index (χ0n) is 17.0. The number of anilines is 1. The average molecular weight is 406 g/mol. The lowest BCUT2D eigenvalue weighted by atomic mass is 9.88. The smallest absolute Gasteiger partial charge is 0.322 e. The van der Waals surface area contributed by atoms with Crippen molar-refractivity contribution in [1.82, 2.24) is 15.5 Å². The molecule has 2 aliphatic heterocycles. The van der Waals surface area contributed by atoms with E-state index < -0.39 is 23.4 Å². The summed E-state index contributed by atoms with van der Waals surface area (Å²) in [6.07, 6.45) is 0.153. The first-order valence-electron chi connectivity index (χ1n) is 9.68. The van der Waals surface area contributed by atoms with Crippen LogP contribution in [0, 0.1) is 18.7 Å². The maximum absolute atomic E-state index is 13.6. The van der Waals surface area contributed by atoms with Crippen molar-refractivity contribution in [2.75, 3.05) is 44.8 Å². The molecule has 2 unspecified atom stereocenters. The number of urea groups is 1. The standard InChI is InChI=1S/C20H27FN4O4/c1-13-4-5-15(21)10-16(13)24-6-8-25(9-7-24)17(26)14(2)11-20(12-29-3)18(27)22-19(28)23-20/h4-5,10,14H,6-9,11-12H2,1-3H3,(H2,22,23,27,28). The molecule has 4 amide bonds. The SMILES string of the molecule is COCC1(CC(C)C(=O)N2CCN(c3cc(F)ccc3C)CC2)NC(=O)NC1=O. The first-order chi connectivity index (χ1) is 13.8. The van der Waals surface area contributed by atoms with E-state index in [0.717, 1.165) is 11.3 Å². The van der Waals surface area contributed by atoms with E-state index in [1.165, 1.54) is 19.2 Å². The largest absolute Gasteiger partial charge is 0.382 e. The molecule has 2 heterocycles. The lowest BCUT2D eigenvalue weighted by Crippen LogP contribution is -2.55. The summed E-state index contributed by atoms with van der Waals surface area (Å²) < 4.78 is 18.7. The topological polar surface area (TPSA) is 91.0 Å². The van der Waals surface area contributed by atoms with Gasteiger partial charge in [-0.25, -0.2) is 9.18 Å². The number of halogens is 1. The Balaban J connectivity index is 1.62. The Hall–Kier alpha value is -2.68. The van der Waals surface area contributed by atoms with Crippen molar-refractivity contribution in [3.63, 3.8) is 0 Å². The summed E-state index contributed by atoms with van der Waals surface area (Å²) in [5, 5.41) is 4.83. The molecular weight excluding hydrogens is 379 g/mol. The fraction of sp³-hybridized carbons (Fsp3) is 0.550. The number of carbonyl (C=O) groups is 3. The Morgan fingerprint density at radius 3 is 2.55 bits per heavy atom. The summed E-state index contributed by atoms with van der Waals surface area (Å²) in [7, 11) is 1.44. The molecule has 1 aromatic carbocycles. The number of piperazine rings is 1. The van der Waals surface area contributed by atoms with Crippen LogP contribution in [0.5, 0.6) is 0 Å². The minimum Gasteiger partial charge on any atom is -0.382 e. The highest BCUT2D eigenvalue weighted by molar-refractivity contribution is 6.07. The van der Waals surface area contributed by atoms with E-state index in [1.54, 1.807) is 17.9 Å². The molecule has 2 saturated heterocycles. The molecule has 0 radical (unpaired) electrons. The molecule has 8 nitrogen and oxygen atoms in total. The zero-order chi connectivity index (χ0) is 21.2. The molecule has 0 bridgehead atoms. The van der Waals surface area contributed by atoms with Crippen molar-refractivity contribution < 1.29 is 23.5 Å². The van der Waals surface area contributed by atoms with Crippen molar-refractivity contribution in [1.29, 1.82) is 0 Å². The van der Waals surface area contributed by atoms with E-state index in [2.05, 4.69) is 15.5 Å². The lowest BCUT2D eigenvalue weighted by molar-refractivity contribution is -0.137. The van der Waals surface area contributed by atoms with E-state index in [-0.39, 0.29) is 24.8 Å². The van der Waals surface area contributed by atoms with Crippen LogP contribution >= 0.6 is 0 Å². The number of rotatable bonds is 6. The molecule has 0 aliphatic carbocycles. The molecule has 3 rings (SSSR count). The van der Waals surface area contributed by atoms with Gasteiger partial charge in [0.1, 0.15) is 11.4 Å². The Morgan fingerprint density at radius 2 is 1.97 bits per heavy atom. The average Bonchev–Trinajstić information content (AvgIpc) is 2.96. The van der Waals surface area contributed by atoms with Gasteiger partial charge < -0.3 is 19.9 Å². The number of nitrogens with one attached hydrogen (secondary N) is 2. The summed E-state index contributed by atoms with van der Waals surface area (Å²) in [6.45, 7) is 5.90. The number of aryl methyl sites for hydroxylation is 1. The molecule has 2 N–H and O–H groups in total. The van der Waals surface area contributed by atoms with Crippen LogP contribution in [0.15, 0.2) is 18.2 Å². The number of methoxy groups -OCH3 is 1. The van der Waals surface area contributed by atoms with Gasteiger partial charge >= 0.3 is 6.03 Å². The first-order valence-corrected chi connectivity index (χ1v) is 9.68. The maximum atomic E-state index is 13.6. The number of imide groups is 1. The highest BCUT2D eigenvalue weighted by atomic mass is 19.1. The fourth-order valence-electron chi connectivity index (χ4n) is 4.09. The van der Waals surface area contributed by atoms with Gasteiger partial charge in [-0.3, -0.25) is 14.9 Å². The Kier molecular flexibility index (Phi) is 6.07. The van der Waals surface area contributed by atoms with Gasteiger partial charge in [0.15, 0.2) is 0 Å². The number of benzene rings is 1. The Morgan fingerprint density at radius 1 is 1.28 bits per heavy atom. The number of hydrogen-bond acceptors (Lipinski definition) is 5. The third kappa shape index (κ3) is 4.34. The van der Waals surface area contributed by atoms with Gasteiger partial charge in [-0.1, -0.05) is 13.0 Å². The van der Waals surface area contributed by atoms with E-state index in [9.17, 15) is 18.8 Å². The Labute approximate surface area is 169 Å². The van der Waals surface area contributed by atoms with Gasteiger partial charge in [0.2, 0.25) is 5.91 Å². The van der Waals surface area contributed by atoms with Gasteiger partial charge in [-0.05, 0) is 31.0 Å². The second-order valence-corrected chi connectivity index (χ2v) is 7.77. The van der Waals surface area contributed by atoms with Gasteiger partial charge in [0, 0.05) is 44.9 Å². The summed E-state index contributed by atoms with van der Waals surface area (Å²) in [5.41, 5.74) is 0.597. The van der Waals surface area contributed by atoms with Crippen molar-refractivity contribution >= 4 is 23.5 Å². The van der Waals surface area contributed by atoms with E-state index >= 15 is 0 Å². The van der Waals surface area contributed by atoms with Crippen molar-refractivity contribution in [2.24, 2.45) is 5.92 Å². The second kappa shape index (κ2) is 8.36. The third-order valence-electron chi connectivity index (χ3n) is 5.58. The van der Waals surface area contributed by atoms with E-state index in [4.69, 9.17) is 4.74 Å². The van der Waals surface area contributed by atoms with Gasteiger partial charge in [0.25, 0.3) is 5.91 Å². The normalized spacial score (nSPS) is 23.0. The maximum Gasteiger partial charge on any atom is 0.322 e. The lowest BCUT2D eigenvalue weighted by Gasteiger charge is -2.38. The summed E-state index contributed by atoms with van der Waals surface area (Å²) in [6, 6.07) is 4.13. The summed E-state index contributed by atoms with van der Waals surface area (Å²) >= 11 is 0. The van der Waals surface area contributed by atoms with Crippen molar-refractivity contribution in [3.05, 3.63) is 29.6 Å². The molecule has 2 atom stereocenters. The summed E-state index contributed by atoms with van der Waals surface area (Å²) in [5.74, 6) is -1.31. The first kappa shape index (κ1) is 21.0. The number of ether oxygens (including phenoxy) is 1. The molecule has 9 heteroatoms. The quantitative estimate of drug-likeness (QED) is 0.689. The molecule has 2 aliphatic rings. The van der Waals surface area contributed by atoms with E-state index in [1.807, 2.05) is 6.92 Å². The minimum atomic E-state index is -1.23. The van der Waals surface area contributed by atoms with Crippen LogP contribution in [-0.4, -0.2) is 68.2 Å².